The summed E-state index contributed by atoms with van der Waals surface area (Å²) in [7, 11) is 1.06. The molecule has 0 aliphatic heterocycles. The van der Waals surface area contributed by atoms with Crippen LogP contribution in [0.1, 0.15) is 5.56 Å². The molecule has 1 rings (SSSR count). The molecule has 100 valence electrons. The van der Waals surface area contributed by atoms with E-state index in [2.05, 4.69) is 14.5 Å². The molecule has 0 atom stereocenters. The highest BCUT2D eigenvalue weighted by Crippen LogP contribution is 2.35. The Morgan fingerprint density at radius 1 is 1.50 bits per heavy atom. The zero-order chi connectivity index (χ0) is 13.9. The predicted molar refractivity (Wildman–Crippen MR) is 48.9 cm³/mol. The largest absolute Gasteiger partial charge is 0.574 e. The molecule has 18 heavy (non-hydrogen) atoms. The minimum Gasteiger partial charge on any atom is -0.481 e. The van der Waals surface area contributed by atoms with Crippen molar-refractivity contribution >= 4 is 5.69 Å². The first-order valence-electron chi connectivity index (χ1n) is 4.32. The second-order valence-electron chi connectivity index (χ2n) is 2.92. The molecule has 0 amide bonds. The molecule has 10 heteroatoms. The van der Waals surface area contributed by atoms with Crippen LogP contribution in [0, 0.1) is 10.1 Å². The van der Waals surface area contributed by atoms with E-state index in [-0.39, 0.29) is 0 Å². The van der Waals surface area contributed by atoms with E-state index < -0.39 is 41.0 Å². The van der Waals surface area contributed by atoms with E-state index in [0.717, 1.165) is 13.2 Å². The van der Waals surface area contributed by atoms with Crippen molar-refractivity contribution < 1.29 is 32.0 Å². The van der Waals surface area contributed by atoms with Crippen molar-refractivity contribution in [2.75, 3.05) is 7.11 Å². The van der Waals surface area contributed by atoms with Gasteiger partial charge in [0.05, 0.1) is 17.6 Å². The number of nitro groups is 1. The Balaban J connectivity index is 3.39. The summed E-state index contributed by atoms with van der Waals surface area (Å²) < 4.78 is 56.5. The van der Waals surface area contributed by atoms with Gasteiger partial charge in [0.15, 0.2) is 0 Å². The van der Waals surface area contributed by atoms with Crippen LogP contribution in [0.3, 0.4) is 0 Å². The smallest absolute Gasteiger partial charge is 0.481 e. The van der Waals surface area contributed by atoms with Gasteiger partial charge >= 0.3 is 17.9 Å². The predicted octanol–water partition coefficient (Wildman–Crippen LogP) is 2.37. The monoisotopic (exact) mass is 270 g/mol. The Morgan fingerprint density at radius 2 is 2.11 bits per heavy atom. The number of alkyl halides is 4. The molecule has 1 heterocycles. The van der Waals surface area contributed by atoms with Gasteiger partial charge in [-0.3, -0.25) is 10.1 Å². The maximum Gasteiger partial charge on any atom is 0.574 e. The van der Waals surface area contributed by atoms with Gasteiger partial charge in [-0.25, -0.2) is 4.39 Å². The lowest BCUT2D eigenvalue weighted by molar-refractivity contribution is -0.390. The molecule has 1 aromatic rings. The fourth-order valence-electron chi connectivity index (χ4n) is 1.12. The van der Waals surface area contributed by atoms with Crippen LogP contribution in [0.25, 0.3) is 0 Å². The number of hydrogen-bond acceptors (Lipinski definition) is 5. The molecule has 0 N–H and O–H groups in total. The fraction of sp³-hybridized carbons (Fsp3) is 0.375. The van der Waals surface area contributed by atoms with Crippen LogP contribution in [0.4, 0.5) is 23.2 Å². The van der Waals surface area contributed by atoms with Crippen molar-refractivity contribution in [3.8, 4) is 11.8 Å². The molecule has 1 aromatic heterocycles. The molecule has 6 nitrogen and oxygen atoms in total. The molecule has 0 unspecified atom stereocenters. The van der Waals surface area contributed by atoms with Crippen molar-refractivity contribution in [3.63, 3.8) is 0 Å². The number of halogens is 4. The molecule has 0 aliphatic rings. The third kappa shape index (κ3) is 3.18. The number of aromatic nitrogens is 1. The van der Waals surface area contributed by atoms with Gasteiger partial charge in [-0.05, 0) is 0 Å². The molecular weight excluding hydrogens is 264 g/mol. The maximum absolute atomic E-state index is 12.6. The first-order valence-corrected chi connectivity index (χ1v) is 4.32. The topological polar surface area (TPSA) is 74.5 Å². The Hall–Kier alpha value is -2.13. The van der Waals surface area contributed by atoms with Crippen LogP contribution in [0.5, 0.6) is 11.8 Å². The van der Waals surface area contributed by atoms with E-state index in [1.807, 2.05) is 0 Å². The lowest BCUT2D eigenvalue weighted by atomic mass is 10.2. The molecular formula is C8H6F4N2O4. The van der Waals surface area contributed by atoms with Gasteiger partial charge in [-0.1, -0.05) is 0 Å². The van der Waals surface area contributed by atoms with Crippen molar-refractivity contribution in [1.29, 1.82) is 0 Å². The van der Waals surface area contributed by atoms with Crippen LogP contribution in [-0.2, 0) is 6.67 Å². The van der Waals surface area contributed by atoms with Gasteiger partial charge in [0.25, 0.3) is 0 Å². The maximum atomic E-state index is 12.6. The summed E-state index contributed by atoms with van der Waals surface area (Å²) in [5, 5.41) is 10.6. The summed E-state index contributed by atoms with van der Waals surface area (Å²) in [6.07, 6.45) is -5.18. The SMILES string of the molecule is COc1cc(CF)c([N+](=O)[O-])c(OC(F)(F)F)n1. The van der Waals surface area contributed by atoms with Crippen molar-refractivity contribution in [2.24, 2.45) is 0 Å². The minimum atomic E-state index is -5.18. The molecule has 0 saturated heterocycles. The first kappa shape index (κ1) is 13.9. The Bertz CT molecular complexity index is 463. The summed E-state index contributed by atoms with van der Waals surface area (Å²) in [6, 6.07) is 0.821. The van der Waals surface area contributed by atoms with Gasteiger partial charge in [-0.2, -0.15) is 4.98 Å². The molecule has 0 radical (unpaired) electrons. The normalized spacial score (nSPS) is 11.2. The van der Waals surface area contributed by atoms with Crippen LogP contribution in [0.2, 0.25) is 0 Å². The Labute approximate surface area is 97.3 Å². The Morgan fingerprint density at radius 3 is 2.50 bits per heavy atom. The van der Waals surface area contributed by atoms with E-state index in [1.54, 1.807) is 0 Å². The summed E-state index contributed by atoms with van der Waals surface area (Å²) >= 11 is 0. The first-order chi connectivity index (χ1) is 8.28. The van der Waals surface area contributed by atoms with Crippen LogP contribution in [-0.4, -0.2) is 23.4 Å². The summed E-state index contributed by atoms with van der Waals surface area (Å²) in [5.74, 6) is -1.79. The average molecular weight is 270 g/mol. The summed E-state index contributed by atoms with van der Waals surface area (Å²) in [6.45, 7) is -1.36. The fourth-order valence-corrected chi connectivity index (χ4v) is 1.12. The lowest BCUT2D eigenvalue weighted by Crippen LogP contribution is -2.19. The zero-order valence-corrected chi connectivity index (χ0v) is 8.82. The quantitative estimate of drug-likeness (QED) is 0.477. The van der Waals surface area contributed by atoms with Crippen molar-refractivity contribution in [1.82, 2.24) is 4.98 Å². The lowest BCUT2D eigenvalue weighted by Gasteiger charge is -2.10. The molecule has 0 saturated carbocycles. The number of ether oxygens (including phenoxy) is 2. The number of pyridine rings is 1. The molecule has 0 bridgehead atoms. The van der Waals surface area contributed by atoms with Crippen molar-refractivity contribution in [3.05, 3.63) is 21.7 Å². The van der Waals surface area contributed by atoms with E-state index in [4.69, 9.17) is 0 Å². The zero-order valence-electron chi connectivity index (χ0n) is 8.82. The highest BCUT2D eigenvalue weighted by Gasteiger charge is 2.37. The molecule has 0 spiro atoms. The van der Waals surface area contributed by atoms with E-state index in [9.17, 15) is 27.7 Å². The third-order valence-electron chi connectivity index (χ3n) is 1.76. The average Bonchev–Trinajstić information content (AvgIpc) is 2.25. The third-order valence-corrected chi connectivity index (χ3v) is 1.76. The van der Waals surface area contributed by atoms with Crippen molar-refractivity contribution in [2.45, 2.75) is 13.0 Å². The number of methoxy groups -OCH3 is 1. The van der Waals surface area contributed by atoms with Crippen LogP contribution < -0.4 is 9.47 Å². The highest BCUT2D eigenvalue weighted by atomic mass is 19.4. The van der Waals surface area contributed by atoms with Gasteiger partial charge in [0.1, 0.15) is 6.67 Å². The second-order valence-corrected chi connectivity index (χ2v) is 2.92. The van der Waals surface area contributed by atoms with E-state index >= 15 is 0 Å². The van der Waals surface area contributed by atoms with Gasteiger partial charge in [0.2, 0.25) is 5.88 Å². The Kier molecular flexibility index (Phi) is 3.89. The summed E-state index contributed by atoms with van der Waals surface area (Å²) in [4.78, 5) is 12.5. The van der Waals surface area contributed by atoms with Gasteiger partial charge in [-0.15, -0.1) is 13.2 Å². The standard InChI is InChI=1S/C8H6F4N2O4/c1-17-5-2-4(3-9)6(14(15)16)7(13-5)18-8(10,11)12/h2H,3H2,1H3. The van der Waals surface area contributed by atoms with Crippen LogP contribution in [0.15, 0.2) is 6.07 Å². The summed E-state index contributed by atoms with van der Waals surface area (Å²) in [5.41, 5.74) is -1.80. The number of nitrogens with zero attached hydrogens (tertiary/aromatic N) is 2. The molecule has 0 aromatic carbocycles. The van der Waals surface area contributed by atoms with Gasteiger partial charge in [0, 0.05) is 6.07 Å². The van der Waals surface area contributed by atoms with E-state index in [1.165, 1.54) is 0 Å². The highest BCUT2D eigenvalue weighted by molar-refractivity contribution is 5.50. The van der Waals surface area contributed by atoms with E-state index in [0.29, 0.717) is 0 Å². The van der Waals surface area contributed by atoms with Crippen LogP contribution >= 0.6 is 0 Å². The molecule has 0 aliphatic carbocycles. The number of rotatable bonds is 4. The van der Waals surface area contributed by atoms with Gasteiger partial charge < -0.3 is 9.47 Å². The number of hydrogen-bond donors (Lipinski definition) is 0. The molecule has 0 fully saturated rings. The second kappa shape index (κ2) is 5.02. The minimum absolute atomic E-state index is 0.424.